The van der Waals surface area contributed by atoms with Gasteiger partial charge in [-0.3, -0.25) is 4.79 Å². The predicted molar refractivity (Wildman–Crippen MR) is 44.5 cm³/mol. The van der Waals surface area contributed by atoms with Gasteiger partial charge in [-0.15, -0.1) is 0 Å². The summed E-state index contributed by atoms with van der Waals surface area (Å²) in [7, 11) is 0. The maximum absolute atomic E-state index is 13.0. The molecule has 14 heavy (non-hydrogen) atoms. The fraction of sp³-hybridized carbons (Fsp3) is 0. The first kappa shape index (κ1) is 10.3. The molecule has 1 aromatic carbocycles. The average Bonchev–Trinajstić information content (AvgIpc) is 2.01. The minimum atomic E-state index is -1.20. The number of nitrogens with two attached hydrogens (primary N) is 1. The lowest BCUT2D eigenvalue weighted by atomic mass is 10.1. The molecule has 2 N–H and O–H groups in total. The Hall–Kier alpha value is -1.78. The zero-order valence-electron chi connectivity index (χ0n) is 6.98. The van der Waals surface area contributed by atoms with Gasteiger partial charge in [0, 0.05) is 17.7 Å². The summed E-state index contributed by atoms with van der Waals surface area (Å²) in [5.74, 6) is -4.53. The monoisotopic (exact) mass is 201 g/mol. The largest absolute Gasteiger partial charge is 0.366 e. The minimum absolute atomic E-state index is 0.451. The van der Waals surface area contributed by atoms with Gasteiger partial charge in [0.05, 0.1) is 5.56 Å². The van der Waals surface area contributed by atoms with Gasteiger partial charge in [-0.1, -0.05) is 6.58 Å². The lowest BCUT2D eigenvalue weighted by Gasteiger charge is -2.04. The number of hydrogen-bond acceptors (Lipinski definition) is 1. The fourth-order valence-corrected chi connectivity index (χ4v) is 0.954. The van der Waals surface area contributed by atoms with Crippen LogP contribution in [-0.4, -0.2) is 5.91 Å². The third-order valence-electron chi connectivity index (χ3n) is 1.61. The van der Waals surface area contributed by atoms with Crippen LogP contribution in [0, 0.1) is 17.5 Å². The molecule has 0 saturated heterocycles. The minimum Gasteiger partial charge on any atom is -0.366 e. The topological polar surface area (TPSA) is 43.1 Å². The van der Waals surface area contributed by atoms with E-state index in [1.165, 1.54) is 0 Å². The molecule has 0 fully saturated rings. The van der Waals surface area contributed by atoms with Gasteiger partial charge in [0.2, 0.25) is 5.91 Å². The van der Waals surface area contributed by atoms with Crippen LogP contribution in [0.1, 0.15) is 5.56 Å². The molecule has 1 aromatic rings. The number of carbonyl (C=O) groups is 1. The van der Waals surface area contributed by atoms with Crippen LogP contribution in [0.5, 0.6) is 0 Å². The van der Waals surface area contributed by atoms with E-state index in [9.17, 15) is 18.0 Å². The Labute approximate surface area is 77.8 Å². The van der Waals surface area contributed by atoms with E-state index in [1.807, 2.05) is 0 Å². The molecule has 0 aromatic heterocycles. The molecule has 2 nitrogen and oxygen atoms in total. The molecule has 74 valence electrons. The fourth-order valence-electron chi connectivity index (χ4n) is 0.954. The van der Waals surface area contributed by atoms with E-state index in [1.54, 1.807) is 0 Å². The third kappa shape index (κ3) is 1.76. The molecule has 0 bridgehead atoms. The van der Waals surface area contributed by atoms with Crippen LogP contribution in [0.3, 0.4) is 0 Å². The van der Waals surface area contributed by atoms with Crippen molar-refractivity contribution < 1.29 is 18.0 Å². The smallest absolute Gasteiger partial charge is 0.248 e. The molecule has 0 aliphatic carbocycles. The lowest BCUT2D eigenvalue weighted by molar-refractivity contribution is -0.112. The molecule has 1 rings (SSSR count). The summed E-state index contributed by atoms with van der Waals surface area (Å²) >= 11 is 0. The molecule has 0 aliphatic rings. The number of rotatable bonds is 2. The van der Waals surface area contributed by atoms with Crippen molar-refractivity contribution in [1.29, 1.82) is 0 Å². The average molecular weight is 201 g/mol. The van der Waals surface area contributed by atoms with Crippen LogP contribution in [0.2, 0.25) is 0 Å². The van der Waals surface area contributed by atoms with Gasteiger partial charge in [-0.05, 0) is 0 Å². The van der Waals surface area contributed by atoms with Crippen LogP contribution >= 0.6 is 0 Å². The Kier molecular flexibility index (Phi) is 2.60. The first-order valence-electron chi connectivity index (χ1n) is 3.57. The van der Waals surface area contributed by atoms with Gasteiger partial charge < -0.3 is 5.73 Å². The molecule has 0 spiro atoms. The van der Waals surface area contributed by atoms with E-state index >= 15 is 0 Å². The zero-order chi connectivity index (χ0) is 10.9. The number of carbonyl (C=O) groups excluding carboxylic acids is 1. The first-order valence-corrected chi connectivity index (χ1v) is 3.57. The van der Waals surface area contributed by atoms with Gasteiger partial charge in [0.25, 0.3) is 0 Å². The Bertz CT molecular complexity index is 392. The summed E-state index contributed by atoms with van der Waals surface area (Å²) in [6.07, 6.45) is 0. The van der Waals surface area contributed by atoms with E-state index in [0.29, 0.717) is 12.1 Å². The summed E-state index contributed by atoms with van der Waals surface area (Å²) < 4.78 is 38.4. The van der Waals surface area contributed by atoms with E-state index < -0.39 is 34.5 Å². The molecule has 0 unspecified atom stereocenters. The number of hydrogen-bond donors (Lipinski definition) is 1. The number of amides is 1. The molecular formula is C9H6F3NO. The molecule has 5 heteroatoms. The van der Waals surface area contributed by atoms with Crippen molar-refractivity contribution in [3.8, 4) is 0 Å². The van der Waals surface area contributed by atoms with Crippen LogP contribution in [-0.2, 0) is 4.79 Å². The van der Waals surface area contributed by atoms with Gasteiger partial charge >= 0.3 is 0 Å². The highest BCUT2D eigenvalue weighted by Crippen LogP contribution is 2.21. The van der Waals surface area contributed by atoms with Crippen LogP contribution in [0.25, 0.3) is 5.57 Å². The van der Waals surface area contributed by atoms with Crippen molar-refractivity contribution in [2.45, 2.75) is 0 Å². The summed E-state index contributed by atoms with van der Waals surface area (Å²) in [5.41, 5.74) is 3.56. The predicted octanol–water partition coefficient (Wildman–Crippen LogP) is 1.60. The second-order valence-corrected chi connectivity index (χ2v) is 2.59. The standard InChI is InChI=1S/C9H6F3NO/c1-4(9(13)14)8-6(11)2-5(10)3-7(8)12/h2-3H,1H2,(H2,13,14). The summed E-state index contributed by atoms with van der Waals surface area (Å²) in [4.78, 5) is 10.6. The molecule has 1 amide bonds. The normalized spacial score (nSPS) is 9.93. The zero-order valence-corrected chi connectivity index (χ0v) is 6.98. The van der Waals surface area contributed by atoms with Gasteiger partial charge in [-0.25, -0.2) is 13.2 Å². The highest BCUT2D eigenvalue weighted by atomic mass is 19.1. The molecule has 0 heterocycles. The van der Waals surface area contributed by atoms with E-state index in [-0.39, 0.29) is 0 Å². The van der Waals surface area contributed by atoms with Gasteiger partial charge in [0.1, 0.15) is 17.5 Å². The third-order valence-corrected chi connectivity index (χ3v) is 1.61. The molecule has 0 atom stereocenters. The summed E-state index contributed by atoms with van der Waals surface area (Å²) in [6, 6.07) is 0.902. The summed E-state index contributed by atoms with van der Waals surface area (Å²) in [6.45, 7) is 3.10. The van der Waals surface area contributed by atoms with Crippen LogP contribution < -0.4 is 5.73 Å². The maximum Gasteiger partial charge on any atom is 0.248 e. The summed E-state index contributed by atoms with van der Waals surface area (Å²) in [5, 5.41) is 0. The van der Waals surface area contributed by atoms with Crippen molar-refractivity contribution in [3.63, 3.8) is 0 Å². The molecule has 0 radical (unpaired) electrons. The van der Waals surface area contributed by atoms with Crippen molar-refractivity contribution in [2.24, 2.45) is 5.73 Å². The number of benzene rings is 1. The number of primary amides is 1. The second-order valence-electron chi connectivity index (χ2n) is 2.59. The van der Waals surface area contributed by atoms with Gasteiger partial charge in [0.15, 0.2) is 0 Å². The molecule has 0 saturated carbocycles. The van der Waals surface area contributed by atoms with Crippen molar-refractivity contribution in [2.75, 3.05) is 0 Å². The highest BCUT2D eigenvalue weighted by Gasteiger charge is 2.17. The van der Waals surface area contributed by atoms with E-state index in [0.717, 1.165) is 0 Å². The Morgan fingerprint density at radius 1 is 1.21 bits per heavy atom. The van der Waals surface area contributed by atoms with Crippen molar-refractivity contribution >= 4 is 11.5 Å². The van der Waals surface area contributed by atoms with Crippen LogP contribution in [0.4, 0.5) is 13.2 Å². The SMILES string of the molecule is C=C(C(N)=O)c1c(F)cc(F)cc1F. The van der Waals surface area contributed by atoms with Crippen LogP contribution in [0.15, 0.2) is 18.7 Å². The maximum atomic E-state index is 13.0. The second kappa shape index (κ2) is 3.53. The van der Waals surface area contributed by atoms with Crippen molar-refractivity contribution in [1.82, 2.24) is 0 Å². The first-order chi connectivity index (χ1) is 6.43. The van der Waals surface area contributed by atoms with Crippen molar-refractivity contribution in [3.05, 3.63) is 41.7 Å². The Morgan fingerprint density at radius 2 is 1.64 bits per heavy atom. The van der Waals surface area contributed by atoms with E-state index in [2.05, 4.69) is 6.58 Å². The molecular weight excluding hydrogens is 195 g/mol. The van der Waals surface area contributed by atoms with E-state index in [4.69, 9.17) is 5.73 Å². The molecule has 0 aliphatic heterocycles. The number of halogens is 3. The Morgan fingerprint density at radius 3 is 2.00 bits per heavy atom. The Balaban J connectivity index is 3.35. The van der Waals surface area contributed by atoms with Gasteiger partial charge in [-0.2, -0.15) is 0 Å². The lowest BCUT2D eigenvalue weighted by Crippen LogP contribution is -2.14. The highest BCUT2D eigenvalue weighted by molar-refractivity contribution is 6.17. The quantitative estimate of drug-likeness (QED) is 0.725.